The van der Waals surface area contributed by atoms with Crippen LogP contribution in [0, 0.1) is 0 Å². The Morgan fingerprint density at radius 3 is 2.36 bits per heavy atom. The summed E-state index contributed by atoms with van der Waals surface area (Å²) < 4.78 is 0. The van der Waals surface area contributed by atoms with E-state index in [1.807, 2.05) is 0 Å². The Kier molecular flexibility index (Phi) is 3.53. The van der Waals surface area contributed by atoms with Crippen molar-refractivity contribution >= 4 is 11.9 Å². The van der Waals surface area contributed by atoms with E-state index >= 15 is 0 Å². The van der Waals surface area contributed by atoms with Crippen molar-refractivity contribution in [2.75, 3.05) is 13.6 Å². The number of nitrogens with zero attached hydrogens (tertiary/aromatic N) is 1. The number of carboxylic acid groups (broad SMARTS) is 1. The highest BCUT2D eigenvalue weighted by atomic mass is 16.4. The van der Waals surface area contributed by atoms with Crippen LogP contribution in [0.4, 0.5) is 0 Å². The molecule has 0 spiro atoms. The van der Waals surface area contributed by atoms with Gasteiger partial charge in [0.1, 0.15) is 0 Å². The van der Waals surface area contributed by atoms with Crippen LogP contribution in [0.2, 0.25) is 0 Å². The lowest BCUT2D eigenvalue weighted by Crippen LogP contribution is -2.46. The van der Waals surface area contributed by atoms with E-state index in [4.69, 9.17) is 10.8 Å². The summed E-state index contributed by atoms with van der Waals surface area (Å²) >= 11 is 0. The van der Waals surface area contributed by atoms with Gasteiger partial charge in [0.2, 0.25) is 0 Å². The quantitative estimate of drug-likeness (QED) is 0.512. The van der Waals surface area contributed by atoms with Gasteiger partial charge in [-0.2, -0.15) is 0 Å². The van der Waals surface area contributed by atoms with Gasteiger partial charge in [-0.1, -0.05) is 0 Å². The molecule has 0 aliphatic heterocycles. The van der Waals surface area contributed by atoms with Crippen LogP contribution in [0.15, 0.2) is 0 Å². The molecule has 11 heavy (non-hydrogen) atoms. The summed E-state index contributed by atoms with van der Waals surface area (Å²) in [5, 5.41) is 8.32. The van der Waals surface area contributed by atoms with Gasteiger partial charge in [0.25, 0.3) is 5.91 Å². The Bertz CT molecular complexity index is 169. The zero-order valence-electron chi connectivity index (χ0n) is 6.57. The second-order valence-corrected chi connectivity index (χ2v) is 2.17. The zero-order valence-corrected chi connectivity index (χ0v) is 6.57. The number of carbonyl (C=O) groups is 2. The highest BCUT2D eigenvalue weighted by Crippen LogP contribution is 1.88. The van der Waals surface area contributed by atoms with E-state index in [1.54, 1.807) is 6.92 Å². The van der Waals surface area contributed by atoms with Crippen LogP contribution >= 0.6 is 0 Å². The lowest BCUT2D eigenvalue weighted by atomic mass is 10.3. The number of hydrogen-bond acceptors (Lipinski definition) is 3. The van der Waals surface area contributed by atoms with Crippen molar-refractivity contribution in [1.29, 1.82) is 0 Å². The predicted octanol–water partition coefficient (Wildman–Crippen LogP) is -1.12. The number of hydrogen-bond donors (Lipinski definition) is 2. The average molecular weight is 160 g/mol. The molecule has 0 saturated heterocycles. The fourth-order valence-electron chi connectivity index (χ4n) is 0.499. The maximum absolute atomic E-state index is 10.9. The number of nitrogens with two attached hydrogens (primary N) is 1. The summed E-state index contributed by atoms with van der Waals surface area (Å²) in [5.74, 6) is -1.87. The molecule has 5 nitrogen and oxygen atoms in total. The maximum Gasteiger partial charge on any atom is 0.330 e. The van der Waals surface area contributed by atoms with Gasteiger partial charge in [0, 0.05) is 13.6 Å². The molecule has 0 aromatic rings. The van der Waals surface area contributed by atoms with Crippen LogP contribution in [0.3, 0.4) is 0 Å². The molecule has 1 atom stereocenters. The number of aliphatic carboxylic acids is 1. The summed E-state index contributed by atoms with van der Waals surface area (Å²) in [6.07, 6.45) is 0. The van der Waals surface area contributed by atoms with Crippen LogP contribution < -0.4 is 5.73 Å². The van der Waals surface area contributed by atoms with E-state index in [2.05, 4.69) is 0 Å². The van der Waals surface area contributed by atoms with Gasteiger partial charge in [0.05, 0.1) is 0 Å². The Morgan fingerprint density at radius 2 is 2.09 bits per heavy atom. The van der Waals surface area contributed by atoms with Crippen LogP contribution in [0.25, 0.3) is 0 Å². The molecule has 64 valence electrons. The Balaban J connectivity index is 4.13. The van der Waals surface area contributed by atoms with Crippen molar-refractivity contribution in [3.63, 3.8) is 0 Å². The lowest BCUT2D eigenvalue weighted by molar-refractivity contribution is -0.145. The Hall–Kier alpha value is -1.10. The molecule has 1 unspecified atom stereocenters. The van der Waals surface area contributed by atoms with E-state index in [1.165, 1.54) is 11.9 Å². The topological polar surface area (TPSA) is 83.6 Å². The van der Waals surface area contributed by atoms with Gasteiger partial charge >= 0.3 is 5.97 Å². The number of likely N-dealkylation sites (N-methyl/N-ethyl adjacent to an activating group) is 1. The van der Waals surface area contributed by atoms with Crippen molar-refractivity contribution < 1.29 is 14.7 Å². The minimum Gasteiger partial charge on any atom is -0.480 e. The first kappa shape index (κ1) is 9.90. The van der Waals surface area contributed by atoms with Crippen molar-refractivity contribution in [3.8, 4) is 0 Å². The van der Waals surface area contributed by atoms with Gasteiger partial charge in [-0.3, -0.25) is 4.79 Å². The molecule has 1 amide bonds. The van der Waals surface area contributed by atoms with Gasteiger partial charge in [-0.25, -0.2) is 4.79 Å². The molecule has 0 aliphatic carbocycles. The summed E-state index contributed by atoms with van der Waals surface area (Å²) in [6.45, 7) is 2.20. The average Bonchev–Trinajstić information content (AvgIpc) is 2.00. The molecular weight excluding hydrogens is 148 g/mol. The Labute approximate surface area is 64.8 Å². The monoisotopic (exact) mass is 160 g/mol. The zero-order chi connectivity index (χ0) is 9.02. The molecule has 5 heteroatoms. The van der Waals surface area contributed by atoms with Crippen molar-refractivity contribution in [1.82, 2.24) is 4.90 Å². The van der Waals surface area contributed by atoms with Crippen molar-refractivity contribution in [2.45, 2.75) is 13.0 Å². The standard InChI is InChI=1S/C6H12N2O3/c1-3-8(2)5(9)4(7)6(10)11/h4H,3,7H2,1-2H3,(H,10,11). The predicted molar refractivity (Wildman–Crippen MR) is 38.9 cm³/mol. The normalized spacial score (nSPS) is 12.3. The van der Waals surface area contributed by atoms with Crippen LogP contribution in [0.1, 0.15) is 6.92 Å². The summed E-state index contributed by atoms with van der Waals surface area (Å²) in [4.78, 5) is 22.4. The minimum absolute atomic E-state index is 0.458. The molecule has 0 aliphatic rings. The smallest absolute Gasteiger partial charge is 0.330 e. The van der Waals surface area contributed by atoms with Crippen molar-refractivity contribution in [3.05, 3.63) is 0 Å². The number of amides is 1. The number of carboxylic acids is 1. The highest BCUT2D eigenvalue weighted by Gasteiger charge is 2.23. The molecule has 0 radical (unpaired) electrons. The first-order chi connectivity index (χ1) is 5.00. The molecule has 0 saturated carbocycles. The van der Waals surface area contributed by atoms with E-state index in [9.17, 15) is 9.59 Å². The third-order valence-electron chi connectivity index (χ3n) is 1.38. The van der Waals surface area contributed by atoms with E-state index in [-0.39, 0.29) is 0 Å². The molecular formula is C6H12N2O3. The summed E-state index contributed by atoms with van der Waals surface area (Å²) in [5.41, 5.74) is 5.05. The Morgan fingerprint density at radius 1 is 1.64 bits per heavy atom. The SMILES string of the molecule is CCN(C)C(=O)C(N)C(=O)O. The first-order valence-corrected chi connectivity index (χ1v) is 3.24. The number of rotatable bonds is 3. The first-order valence-electron chi connectivity index (χ1n) is 3.24. The van der Waals surface area contributed by atoms with Gasteiger partial charge < -0.3 is 15.7 Å². The van der Waals surface area contributed by atoms with E-state index < -0.39 is 17.9 Å². The van der Waals surface area contributed by atoms with Crippen LogP contribution in [0.5, 0.6) is 0 Å². The van der Waals surface area contributed by atoms with Crippen LogP contribution in [-0.4, -0.2) is 41.5 Å². The summed E-state index contributed by atoms with van der Waals surface area (Å²) in [6, 6.07) is -1.43. The maximum atomic E-state index is 10.9. The van der Waals surface area contributed by atoms with Gasteiger partial charge in [0.15, 0.2) is 6.04 Å². The molecule has 0 fully saturated rings. The molecule has 0 bridgehead atoms. The highest BCUT2D eigenvalue weighted by molar-refractivity contribution is 6.00. The number of carbonyl (C=O) groups excluding carboxylic acids is 1. The van der Waals surface area contributed by atoms with Crippen molar-refractivity contribution in [2.24, 2.45) is 5.73 Å². The van der Waals surface area contributed by atoms with E-state index in [0.29, 0.717) is 6.54 Å². The molecule has 3 N–H and O–H groups in total. The molecule has 0 aromatic carbocycles. The summed E-state index contributed by atoms with van der Waals surface area (Å²) in [7, 11) is 1.51. The second kappa shape index (κ2) is 3.92. The van der Waals surface area contributed by atoms with Gasteiger partial charge in [-0.15, -0.1) is 0 Å². The molecule has 0 heterocycles. The van der Waals surface area contributed by atoms with Crippen LogP contribution in [-0.2, 0) is 9.59 Å². The third-order valence-corrected chi connectivity index (χ3v) is 1.38. The van der Waals surface area contributed by atoms with Gasteiger partial charge in [-0.05, 0) is 6.92 Å². The molecule has 0 aromatic heterocycles. The van der Waals surface area contributed by atoms with E-state index in [0.717, 1.165) is 0 Å². The molecule has 0 rings (SSSR count). The lowest BCUT2D eigenvalue weighted by Gasteiger charge is -2.16. The second-order valence-electron chi connectivity index (χ2n) is 2.17. The minimum atomic E-state index is -1.43. The fraction of sp³-hybridized carbons (Fsp3) is 0.667. The largest absolute Gasteiger partial charge is 0.480 e. The fourth-order valence-corrected chi connectivity index (χ4v) is 0.499. The third kappa shape index (κ3) is 2.55.